The van der Waals surface area contributed by atoms with Crippen molar-refractivity contribution >= 4 is 33.2 Å². The van der Waals surface area contributed by atoms with Gasteiger partial charge in [-0.1, -0.05) is 29.8 Å². The number of amides is 1. The Bertz CT molecular complexity index is 1460. The Morgan fingerprint density at radius 2 is 1.56 bits per heavy atom. The van der Waals surface area contributed by atoms with Gasteiger partial charge in [0.15, 0.2) is 11.5 Å². The fraction of sp³-hybridized carbons (Fsp3) is 0.345. The number of anilines is 1. The van der Waals surface area contributed by atoms with Crippen LogP contribution in [0.3, 0.4) is 0 Å². The van der Waals surface area contributed by atoms with Gasteiger partial charge in [0.2, 0.25) is 5.91 Å². The summed E-state index contributed by atoms with van der Waals surface area (Å²) in [7, 11) is 0.0322. The second kappa shape index (κ2) is 12.2. The molecule has 0 aromatic heterocycles. The number of rotatable bonds is 10. The lowest BCUT2D eigenvalue weighted by molar-refractivity contribution is -0.120. The molecule has 1 amide bonds. The fourth-order valence-electron chi connectivity index (χ4n) is 4.79. The summed E-state index contributed by atoms with van der Waals surface area (Å²) >= 11 is 6.25. The van der Waals surface area contributed by atoms with Gasteiger partial charge in [0.05, 0.1) is 38.0 Å². The molecule has 208 valence electrons. The zero-order valence-corrected chi connectivity index (χ0v) is 24.1. The number of hydrogen-bond donors (Lipinski definition) is 1. The molecule has 0 heterocycles. The van der Waals surface area contributed by atoms with E-state index in [1.165, 1.54) is 63.1 Å². The number of benzene rings is 3. The summed E-state index contributed by atoms with van der Waals surface area (Å²) in [5.74, 6) is 0.382. The van der Waals surface area contributed by atoms with Crippen molar-refractivity contribution in [3.05, 3.63) is 76.3 Å². The molecule has 0 saturated heterocycles. The van der Waals surface area contributed by atoms with Gasteiger partial charge in [0, 0.05) is 11.1 Å². The Balaban J connectivity index is 1.67. The molecule has 0 radical (unpaired) electrons. The van der Waals surface area contributed by atoms with Crippen molar-refractivity contribution in [3.63, 3.8) is 0 Å². The molecule has 3 aromatic carbocycles. The second-order valence-corrected chi connectivity index (χ2v) is 11.7. The molecule has 4 rings (SSSR count). The topological polar surface area (TPSA) is 94.2 Å². The van der Waals surface area contributed by atoms with Crippen LogP contribution in [0.25, 0.3) is 0 Å². The van der Waals surface area contributed by atoms with Crippen molar-refractivity contribution in [2.75, 3.05) is 32.2 Å². The highest BCUT2D eigenvalue weighted by Crippen LogP contribution is 2.37. The van der Waals surface area contributed by atoms with E-state index in [-0.39, 0.29) is 28.1 Å². The van der Waals surface area contributed by atoms with Crippen molar-refractivity contribution in [1.29, 1.82) is 0 Å². The van der Waals surface area contributed by atoms with Crippen molar-refractivity contribution in [2.45, 2.75) is 43.5 Å². The molecule has 1 N–H and O–H groups in total. The van der Waals surface area contributed by atoms with Crippen LogP contribution in [-0.4, -0.2) is 42.2 Å². The third-order valence-corrected chi connectivity index (χ3v) is 8.88. The number of carbonyl (C=O) groups excluding carboxylic acids is 1. The highest BCUT2D eigenvalue weighted by atomic mass is 35.5. The molecule has 0 aliphatic heterocycles. The summed E-state index contributed by atoms with van der Waals surface area (Å²) in [6.45, 7) is 1.39. The summed E-state index contributed by atoms with van der Waals surface area (Å²) in [6.07, 6.45) is 4.44. The first-order chi connectivity index (χ1) is 18.7. The Morgan fingerprint density at radius 3 is 2.26 bits per heavy atom. The number of halogens is 1. The molecule has 3 aromatic rings. The Kier molecular flexibility index (Phi) is 8.92. The predicted molar refractivity (Wildman–Crippen MR) is 152 cm³/mol. The van der Waals surface area contributed by atoms with Crippen LogP contribution in [-0.2, 0) is 27.7 Å². The van der Waals surface area contributed by atoms with Crippen LogP contribution >= 0.6 is 11.6 Å². The van der Waals surface area contributed by atoms with Gasteiger partial charge in [-0.3, -0.25) is 9.10 Å². The summed E-state index contributed by atoms with van der Waals surface area (Å²) < 4.78 is 45.0. The molecular formula is C29H33ClN2O6S. The first-order valence-corrected chi connectivity index (χ1v) is 14.5. The lowest BCUT2D eigenvalue weighted by atomic mass is 9.89. The number of nitrogens with zero attached hydrogens (tertiary/aromatic N) is 1. The third kappa shape index (κ3) is 6.25. The van der Waals surface area contributed by atoms with Crippen LogP contribution in [0.4, 0.5) is 5.69 Å². The average molecular weight is 573 g/mol. The summed E-state index contributed by atoms with van der Waals surface area (Å²) in [4.78, 5) is 13.3. The highest BCUT2D eigenvalue weighted by molar-refractivity contribution is 7.92. The van der Waals surface area contributed by atoms with E-state index in [1.807, 2.05) is 13.0 Å². The first kappa shape index (κ1) is 28.6. The lowest BCUT2D eigenvalue weighted by Crippen LogP contribution is -2.41. The molecule has 10 heteroatoms. The molecule has 1 aliphatic carbocycles. The number of methoxy groups -OCH3 is 3. The molecule has 0 spiro atoms. The van der Waals surface area contributed by atoms with Crippen LogP contribution in [0.2, 0.25) is 5.02 Å². The van der Waals surface area contributed by atoms with Crippen molar-refractivity contribution in [2.24, 2.45) is 0 Å². The Morgan fingerprint density at radius 1 is 0.897 bits per heavy atom. The van der Waals surface area contributed by atoms with Crippen molar-refractivity contribution in [3.8, 4) is 17.2 Å². The van der Waals surface area contributed by atoms with Gasteiger partial charge in [-0.15, -0.1) is 0 Å². The third-order valence-electron chi connectivity index (χ3n) is 6.89. The van der Waals surface area contributed by atoms with Crippen LogP contribution < -0.4 is 23.8 Å². The maximum absolute atomic E-state index is 14.0. The molecule has 39 heavy (non-hydrogen) atoms. The van der Waals surface area contributed by atoms with Gasteiger partial charge in [-0.2, -0.15) is 0 Å². The zero-order valence-electron chi connectivity index (χ0n) is 22.5. The maximum atomic E-state index is 14.0. The van der Waals surface area contributed by atoms with Gasteiger partial charge >= 0.3 is 0 Å². The smallest absolute Gasteiger partial charge is 0.265 e. The molecule has 1 atom stereocenters. The van der Waals surface area contributed by atoms with E-state index >= 15 is 0 Å². The van der Waals surface area contributed by atoms with Gasteiger partial charge in [0.1, 0.15) is 12.3 Å². The number of ether oxygens (including phenoxy) is 3. The normalized spacial score (nSPS) is 13.7. The molecule has 0 unspecified atom stereocenters. The molecule has 0 bridgehead atoms. The first-order valence-electron chi connectivity index (χ1n) is 12.7. The Labute approximate surface area is 234 Å². The monoisotopic (exact) mass is 572 g/mol. The predicted octanol–water partition coefficient (Wildman–Crippen LogP) is 5.32. The lowest BCUT2D eigenvalue weighted by Gasteiger charge is -2.27. The summed E-state index contributed by atoms with van der Waals surface area (Å²) in [5, 5.41) is 3.25. The van der Waals surface area contributed by atoms with E-state index in [0.717, 1.165) is 29.1 Å². The number of fused-ring (bicyclic) bond motifs is 1. The summed E-state index contributed by atoms with van der Waals surface area (Å²) in [6, 6.07) is 14.8. The van der Waals surface area contributed by atoms with Gasteiger partial charge < -0.3 is 19.5 Å². The number of aryl methyl sites for hydroxylation is 2. The van der Waals surface area contributed by atoms with Crippen molar-refractivity contribution in [1.82, 2.24) is 5.32 Å². The number of sulfonamides is 1. The number of nitrogens with one attached hydrogen (secondary N) is 1. The van der Waals surface area contributed by atoms with E-state index in [0.29, 0.717) is 10.8 Å². The highest BCUT2D eigenvalue weighted by Gasteiger charge is 2.31. The van der Waals surface area contributed by atoms with Gasteiger partial charge in [-0.25, -0.2) is 8.42 Å². The molecule has 0 fully saturated rings. The standard InChI is InChI=1S/C29H33ClN2O6S/c1-19(21-10-9-20-7-5-6-8-22(20)15-21)31-29(33)18-32(25-16-23(30)11-13-26(25)36-2)39(34,35)24-12-14-27(37-3)28(17-24)38-4/h9-17,19H,5-8,18H2,1-4H3,(H,31,33)/t19-/m1/s1. The van der Waals surface area contributed by atoms with Crippen LogP contribution in [0.5, 0.6) is 17.2 Å². The molecule has 8 nitrogen and oxygen atoms in total. The van der Waals surface area contributed by atoms with Crippen LogP contribution in [0.15, 0.2) is 59.5 Å². The summed E-state index contributed by atoms with van der Waals surface area (Å²) in [5.41, 5.74) is 3.76. The fourth-order valence-corrected chi connectivity index (χ4v) is 6.39. The van der Waals surface area contributed by atoms with E-state index in [1.54, 1.807) is 12.1 Å². The van der Waals surface area contributed by atoms with E-state index in [9.17, 15) is 13.2 Å². The zero-order chi connectivity index (χ0) is 28.2. The van der Waals surface area contributed by atoms with E-state index < -0.39 is 22.5 Å². The molecule has 1 aliphatic rings. The minimum atomic E-state index is -4.27. The van der Waals surface area contributed by atoms with E-state index in [4.69, 9.17) is 25.8 Å². The minimum Gasteiger partial charge on any atom is -0.495 e. The Hall–Kier alpha value is -3.43. The number of carbonyl (C=O) groups is 1. The largest absolute Gasteiger partial charge is 0.495 e. The quantitative estimate of drug-likeness (QED) is 0.353. The van der Waals surface area contributed by atoms with Gasteiger partial charge in [-0.05, 0) is 79.6 Å². The van der Waals surface area contributed by atoms with Crippen LogP contribution in [0.1, 0.15) is 42.5 Å². The molecule has 0 saturated carbocycles. The minimum absolute atomic E-state index is 0.0854. The van der Waals surface area contributed by atoms with Crippen molar-refractivity contribution < 1.29 is 27.4 Å². The molecular weight excluding hydrogens is 540 g/mol. The average Bonchev–Trinajstić information content (AvgIpc) is 2.95. The SMILES string of the molecule is COc1ccc(S(=O)(=O)N(CC(=O)N[C@H](C)c2ccc3c(c2)CCCC3)c2cc(Cl)ccc2OC)cc1OC. The van der Waals surface area contributed by atoms with Gasteiger partial charge in [0.25, 0.3) is 10.0 Å². The van der Waals surface area contributed by atoms with Crippen LogP contribution in [0, 0.1) is 0 Å². The van der Waals surface area contributed by atoms with E-state index in [2.05, 4.69) is 17.4 Å². The second-order valence-electron chi connectivity index (χ2n) is 9.37. The number of hydrogen-bond acceptors (Lipinski definition) is 6. The maximum Gasteiger partial charge on any atom is 0.265 e.